The van der Waals surface area contributed by atoms with Crippen LogP contribution in [-0.2, 0) is 0 Å². The summed E-state index contributed by atoms with van der Waals surface area (Å²) < 4.78 is 0. The summed E-state index contributed by atoms with van der Waals surface area (Å²) in [6.07, 6.45) is 6.95. The van der Waals surface area contributed by atoms with Crippen LogP contribution in [0.2, 0.25) is 0 Å². The summed E-state index contributed by atoms with van der Waals surface area (Å²) in [4.78, 5) is 2.64. The Balaban J connectivity index is 1.54. The minimum absolute atomic E-state index is 0.535. The number of thioether (sulfide) groups is 1. The molecule has 2 rings (SSSR count). The molecule has 106 valence electrons. The summed E-state index contributed by atoms with van der Waals surface area (Å²) in [6.45, 7) is 10.00. The Labute approximate surface area is 117 Å². The SMILES string of the molecule is CC1(C)CSCC(NCCCN2CCCCC2)C1. The van der Waals surface area contributed by atoms with Crippen molar-refractivity contribution in [2.75, 3.05) is 37.7 Å². The van der Waals surface area contributed by atoms with Crippen LogP contribution >= 0.6 is 11.8 Å². The highest BCUT2D eigenvalue weighted by atomic mass is 32.2. The molecule has 2 heterocycles. The third kappa shape index (κ3) is 5.10. The molecule has 0 aromatic carbocycles. The number of hydrogen-bond donors (Lipinski definition) is 1. The van der Waals surface area contributed by atoms with Gasteiger partial charge < -0.3 is 10.2 Å². The Morgan fingerprint density at radius 2 is 2.00 bits per heavy atom. The molecule has 0 spiro atoms. The standard InChI is InChI=1S/C15H30N2S/c1-15(2)11-14(12-18-13-15)16-7-6-10-17-8-4-3-5-9-17/h14,16H,3-13H2,1-2H3. The van der Waals surface area contributed by atoms with Crippen LogP contribution in [0.15, 0.2) is 0 Å². The number of likely N-dealkylation sites (tertiary alicyclic amines) is 1. The van der Waals surface area contributed by atoms with Crippen molar-refractivity contribution in [1.29, 1.82) is 0 Å². The first-order valence-corrected chi connectivity index (χ1v) is 8.85. The fourth-order valence-electron chi connectivity index (χ4n) is 3.19. The predicted octanol–water partition coefficient (Wildman–Crippen LogP) is 2.98. The highest BCUT2D eigenvalue weighted by molar-refractivity contribution is 7.99. The second kappa shape index (κ2) is 7.16. The van der Waals surface area contributed by atoms with Gasteiger partial charge >= 0.3 is 0 Å². The van der Waals surface area contributed by atoms with Gasteiger partial charge in [0.05, 0.1) is 0 Å². The second-order valence-electron chi connectivity index (χ2n) is 6.79. The van der Waals surface area contributed by atoms with Gasteiger partial charge in [0, 0.05) is 11.8 Å². The molecule has 0 aromatic rings. The van der Waals surface area contributed by atoms with Crippen LogP contribution in [0.5, 0.6) is 0 Å². The molecule has 2 aliphatic rings. The molecule has 0 aliphatic carbocycles. The highest BCUT2D eigenvalue weighted by Gasteiger charge is 2.27. The number of hydrogen-bond acceptors (Lipinski definition) is 3. The van der Waals surface area contributed by atoms with Crippen LogP contribution in [0, 0.1) is 5.41 Å². The van der Waals surface area contributed by atoms with Crippen molar-refractivity contribution in [3.8, 4) is 0 Å². The molecule has 3 heteroatoms. The van der Waals surface area contributed by atoms with E-state index < -0.39 is 0 Å². The number of nitrogens with zero attached hydrogens (tertiary/aromatic N) is 1. The lowest BCUT2D eigenvalue weighted by atomic mass is 9.88. The van der Waals surface area contributed by atoms with Crippen molar-refractivity contribution < 1.29 is 0 Å². The average Bonchev–Trinajstić information content (AvgIpc) is 2.35. The Morgan fingerprint density at radius 1 is 1.22 bits per heavy atom. The van der Waals surface area contributed by atoms with E-state index in [9.17, 15) is 0 Å². The predicted molar refractivity (Wildman–Crippen MR) is 82.4 cm³/mol. The summed E-state index contributed by atoms with van der Waals surface area (Å²) in [7, 11) is 0. The van der Waals surface area contributed by atoms with Crippen LogP contribution in [-0.4, -0.2) is 48.6 Å². The molecule has 0 bridgehead atoms. The van der Waals surface area contributed by atoms with Gasteiger partial charge in [-0.25, -0.2) is 0 Å². The quantitative estimate of drug-likeness (QED) is 0.773. The second-order valence-corrected chi connectivity index (χ2v) is 7.82. The van der Waals surface area contributed by atoms with Crippen LogP contribution in [0.4, 0.5) is 0 Å². The minimum Gasteiger partial charge on any atom is -0.313 e. The Bertz CT molecular complexity index is 237. The summed E-state index contributed by atoms with van der Waals surface area (Å²) in [5.74, 6) is 2.64. The van der Waals surface area contributed by atoms with Gasteiger partial charge in [-0.3, -0.25) is 0 Å². The summed E-state index contributed by atoms with van der Waals surface area (Å²) >= 11 is 2.12. The first kappa shape index (κ1) is 14.7. The van der Waals surface area contributed by atoms with E-state index in [2.05, 4.69) is 35.8 Å². The van der Waals surface area contributed by atoms with Crippen molar-refractivity contribution >= 4 is 11.8 Å². The number of rotatable bonds is 5. The molecule has 18 heavy (non-hydrogen) atoms. The Morgan fingerprint density at radius 3 is 2.72 bits per heavy atom. The molecule has 0 saturated carbocycles. The van der Waals surface area contributed by atoms with Gasteiger partial charge in [-0.15, -0.1) is 0 Å². The first-order chi connectivity index (χ1) is 8.66. The monoisotopic (exact) mass is 270 g/mol. The molecule has 2 fully saturated rings. The van der Waals surface area contributed by atoms with Gasteiger partial charge in [-0.05, 0) is 63.0 Å². The summed E-state index contributed by atoms with van der Waals surface area (Å²) in [6, 6.07) is 0.750. The van der Waals surface area contributed by atoms with Gasteiger partial charge in [0.2, 0.25) is 0 Å². The molecule has 1 N–H and O–H groups in total. The molecule has 1 atom stereocenters. The van der Waals surface area contributed by atoms with Crippen molar-refractivity contribution in [1.82, 2.24) is 10.2 Å². The smallest absolute Gasteiger partial charge is 0.0163 e. The third-order valence-electron chi connectivity index (χ3n) is 4.14. The van der Waals surface area contributed by atoms with E-state index >= 15 is 0 Å². The van der Waals surface area contributed by atoms with Crippen LogP contribution < -0.4 is 5.32 Å². The van der Waals surface area contributed by atoms with E-state index in [1.165, 1.54) is 69.8 Å². The van der Waals surface area contributed by atoms with Gasteiger partial charge in [0.15, 0.2) is 0 Å². The largest absolute Gasteiger partial charge is 0.313 e. The van der Waals surface area contributed by atoms with Crippen LogP contribution in [0.1, 0.15) is 46.0 Å². The van der Waals surface area contributed by atoms with Crippen molar-refractivity contribution in [2.45, 2.75) is 52.0 Å². The average molecular weight is 270 g/mol. The molecule has 1 unspecified atom stereocenters. The van der Waals surface area contributed by atoms with E-state index in [1.807, 2.05) is 0 Å². The normalized spacial score (nSPS) is 29.3. The zero-order valence-electron chi connectivity index (χ0n) is 12.2. The maximum absolute atomic E-state index is 3.77. The third-order valence-corrected chi connectivity index (χ3v) is 5.77. The molecule has 2 nitrogen and oxygen atoms in total. The summed E-state index contributed by atoms with van der Waals surface area (Å²) in [5, 5.41) is 3.77. The molecule has 0 radical (unpaired) electrons. The van der Waals surface area contributed by atoms with Crippen LogP contribution in [0.25, 0.3) is 0 Å². The molecule has 2 aliphatic heterocycles. The van der Waals surface area contributed by atoms with E-state index in [1.54, 1.807) is 0 Å². The molecule has 2 saturated heterocycles. The number of nitrogens with one attached hydrogen (secondary N) is 1. The molecule has 0 amide bonds. The van der Waals surface area contributed by atoms with E-state index in [0.29, 0.717) is 5.41 Å². The van der Waals surface area contributed by atoms with Crippen molar-refractivity contribution in [2.24, 2.45) is 5.41 Å². The van der Waals surface area contributed by atoms with Gasteiger partial charge in [-0.2, -0.15) is 11.8 Å². The number of piperidine rings is 1. The van der Waals surface area contributed by atoms with Crippen molar-refractivity contribution in [3.05, 3.63) is 0 Å². The lowest BCUT2D eigenvalue weighted by Gasteiger charge is -2.35. The van der Waals surface area contributed by atoms with E-state index in [4.69, 9.17) is 0 Å². The van der Waals surface area contributed by atoms with Gasteiger partial charge in [0.25, 0.3) is 0 Å². The zero-order chi connectivity index (χ0) is 12.8. The molecule has 0 aromatic heterocycles. The maximum atomic E-state index is 3.77. The van der Waals surface area contributed by atoms with Crippen molar-refractivity contribution in [3.63, 3.8) is 0 Å². The zero-order valence-corrected chi connectivity index (χ0v) is 13.0. The topological polar surface area (TPSA) is 15.3 Å². The lowest BCUT2D eigenvalue weighted by Crippen LogP contribution is -2.41. The lowest BCUT2D eigenvalue weighted by molar-refractivity contribution is 0.223. The maximum Gasteiger partial charge on any atom is 0.0163 e. The van der Waals surface area contributed by atoms with E-state index in [0.717, 1.165) is 6.04 Å². The van der Waals surface area contributed by atoms with Crippen LogP contribution in [0.3, 0.4) is 0 Å². The highest BCUT2D eigenvalue weighted by Crippen LogP contribution is 2.33. The van der Waals surface area contributed by atoms with Gasteiger partial charge in [0.1, 0.15) is 0 Å². The Kier molecular flexibility index (Phi) is 5.84. The summed E-state index contributed by atoms with van der Waals surface area (Å²) in [5.41, 5.74) is 0.535. The fourth-order valence-corrected chi connectivity index (χ4v) is 4.49. The molecular weight excluding hydrogens is 240 g/mol. The van der Waals surface area contributed by atoms with E-state index in [-0.39, 0.29) is 0 Å². The first-order valence-electron chi connectivity index (χ1n) is 7.69. The Hall–Kier alpha value is 0.270. The molecular formula is C15H30N2S. The minimum atomic E-state index is 0.535. The fraction of sp³-hybridized carbons (Fsp3) is 1.00. The van der Waals surface area contributed by atoms with Gasteiger partial charge in [-0.1, -0.05) is 20.3 Å².